The topological polar surface area (TPSA) is 67.2 Å². The van der Waals surface area contributed by atoms with Gasteiger partial charge in [0.05, 0.1) is 18.2 Å². The van der Waals surface area contributed by atoms with Crippen molar-refractivity contribution < 1.29 is 9.90 Å². The van der Waals surface area contributed by atoms with E-state index in [4.69, 9.17) is 0 Å². The molecule has 5 heteroatoms. The highest BCUT2D eigenvalue weighted by atomic mass is 16.3. The fraction of sp³-hybridized carbons (Fsp3) is 0.444. The molecule has 1 fully saturated rings. The third-order valence-electron chi connectivity index (χ3n) is 5.03. The second-order valence-corrected chi connectivity index (χ2v) is 6.54. The lowest BCUT2D eigenvalue weighted by atomic mass is 10.1. The Bertz CT molecular complexity index is 719. The third kappa shape index (κ3) is 2.65. The van der Waals surface area contributed by atoms with Gasteiger partial charge in [0.25, 0.3) is 5.91 Å². The van der Waals surface area contributed by atoms with Crippen LogP contribution in [0, 0.1) is 0 Å². The molecule has 4 rings (SSSR count). The predicted molar refractivity (Wildman–Crippen MR) is 86.1 cm³/mol. The first-order valence-electron chi connectivity index (χ1n) is 8.34. The molecule has 23 heavy (non-hydrogen) atoms. The van der Waals surface area contributed by atoms with E-state index in [1.54, 1.807) is 6.07 Å². The maximum Gasteiger partial charge on any atom is 0.272 e. The van der Waals surface area contributed by atoms with Crippen LogP contribution in [0.1, 0.15) is 59.4 Å². The average molecular weight is 311 g/mol. The second-order valence-electron chi connectivity index (χ2n) is 6.54. The van der Waals surface area contributed by atoms with Crippen LogP contribution in [-0.2, 0) is 6.42 Å². The van der Waals surface area contributed by atoms with Crippen molar-refractivity contribution in [3.8, 4) is 0 Å². The van der Waals surface area contributed by atoms with Crippen LogP contribution in [0.2, 0.25) is 0 Å². The normalized spacial score (nSPS) is 23.9. The van der Waals surface area contributed by atoms with E-state index in [9.17, 15) is 9.90 Å². The number of aliphatic hydroxyl groups excluding tert-OH is 1. The van der Waals surface area contributed by atoms with Gasteiger partial charge in [0.1, 0.15) is 5.69 Å². The van der Waals surface area contributed by atoms with E-state index in [1.807, 2.05) is 35.1 Å². The Morgan fingerprint density at radius 1 is 1.22 bits per heavy atom. The van der Waals surface area contributed by atoms with Gasteiger partial charge in [-0.05, 0) is 30.0 Å². The van der Waals surface area contributed by atoms with E-state index in [-0.39, 0.29) is 11.9 Å². The Hall–Kier alpha value is -2.14. The van der Waals surface area contributed by atoms with Crippen molar-refractivity contribution in [1.29, 1.82) is 0 Å². The fourth-order valence-corrected chi connectivity index (χ4v) is 3.79. The molecule has 0 radical (unpaired) electrons. The molecular weight excluding hydrogens is 290 g/mol. The predicted octanol–water partition coefficient (Wildman–Crippen LogP) is 2.39. The first kappa shape index (κ1) is 14.5. The number of rotatable bonds is 3. The number of hydrogen-bond donors (Lipinski definition) is 2. The number of nitrogens with zero attached hydrogens (tertiary/aromatic N) is 2. The van der Waals surface area contributed by atoms with Crippen molar-refractivity contribution in [3.05, 3.63) is 53.3 Å². The van der Waals surface area contributed by atoms with Crippen molar-refractivity contribution in [2.45, 2.75) is 50.3 Å². The number of carbonyl (C=O) groups excluding carboxylic acids is 1. The standard InChI is InChI=1S/C18H21N3O2/c22-16-11-12-5-1-4-8-14(12)17(16)19-18(23)15-9-10-21(20-15)13-6-2-3-7-13/h1,4-5,8-10,13,16-17,22H,2-3,6-7,11H2,(H,19,23). The molecule has 1 amide bonds. The van der Waals surface area contributed by atoms with Gasteiger partial charge in [0.15, 0.2) is 0 Å². The summed E-state index contributed by atoms with van der Waals surface area (Å²) in [6, 6.07) is 9.70. The number of carbonyl (C=O) groups is 1. The number of hydrogen-bond acceptors (Lipinski definition) is 3. The molecule has 1 aromatic carbocycles. The Morgan fingerprint density at radius 2 is 2.00 bits per heavy atom. The van der Waals surface area contributed by atoms with E-state index in [0.717, 1.165) is 24.0 Å². The monoisotopic (exact) mass is 311 g/mol. The average Bonchev–Trinajstić information content (AvgIpc) is 3.27. The van der Waals surface area contributed by atoms with Gasteiger partial charge < -0.3 is 10.4 Å². The van der Waals surface area contributed by atoms with E-state index in [0.29, 0.717) is 18.2 Å². The van der Waals surface area contributed by atoms with Crippen molar-refractivity contribution in [3.63, 3.8) is 0 Å². The second kappa shape index (κ2) is 5.81. The quantitative estimate of drug-likeness (QED) is 0.914. The Balaban J connectivity index is 1.50. The van der Waals surface area contributed by atoms with Gasteiger partial charge in [-0.25, -0.2) is 0 Å². The zero-order chi connectivity index (χ0) is 15.8. The molecule has 0 saturated heterocycles. The molecule has 2 aromatic rings. The lowest BCUT2D eigenvalue weighted by molar-refractivity contribution is 0.0852. The molecule has 2 aliphatic rings. The van der Waals surface area contributed by atoms with E-state index in [1.165, 1.54) is 12.8 Å². The SMILES string of the molecule is O=C(NC1c2ccccc2CC1O)c1ccn(C2CCCC2)n1. The van der Waals surface area contributed by atoms with Crippen LogP contribution in [0.3, 0.4) is 0 Å². The smallest absolute Gasteiger partial charge is 0.272 e. The van der Waals surface area contributed by atoms with Crippen molar-refractivity contribution >= 4 is 5.91 Å². The minimum Gasteiger partial charge on any atom is -0.390 e. The Kier molecular flexibility index (Phi) is 3.65. The summed E-state index contributed by atoms with van der Waals surface area (Å²) < 4.78 is 1.92. The van der Waals surface area contributed by atoms with E-state index >= 15 is 0 Å². The Labute approximate surface area is 135 Å². The van der Waals surface area contributed by atoms with Crippen LogP contribution in [0.5, 0.6) is 0 Å². The van der Waals surface area contributed by atoms with Crippen molar-refractivity contribution in [1.82, 2.24) is 15.1 Å². The Morgan fingerprint density at radius 3 is 2.83 bits per heavy atom. The van der Waals surface area contributed by atoms with Gasteiger partial charge in [0, 0.05) is 12.6 Å². The van der Waals surface area contributed by atoms with E-state index in [2.05, 4.69) is 10.4 Å². The summed E-state index contributed by atoms with van der Waals surface area (Å²) >= 11 is 0. The molecule has 2 N–H and O–H groups in total. The molecule has 1 saturated carbocycles. The fourth-order valence-electron chi connectivity index (χ4n) is 3.79. The summed E-state index contributed by atoms with van der Waals surface area (Å²) in [6.45, 7) is 0. The van der Waals surface area contributed by atoms with Crippen LogP contribution in [0.15, 0.2) is 36.5 Å². The van der Waals surface area contributed by atoms with Crippen molar-refractivity contribution in [2.24, 2.45) is 0 Å². The van der Waals surface area contributed by atoms with Crippen LogP contribution < -0.4 is 5.32 Å². The molecular formula is C18H21N3O2. The minimum absolute atomic E-state index is 0.220. The number of benzene rings is 1. The van der Waals surface area contributed by atoms with Gasteiger partial charge >= 0.3 is 0 Å². The van der Waals surface area contributed by atoms with Gasteiger partial charge in [-0.15, -0.1) is 0 Å². The molecule has 0 aliphatic heterocycles. The number of aliphatic hydroxyl groups is 1. The maximum atomic E-state index is 12.5. The molecule has 5 nitrogen and oxygen atoms in total. The van der Waals surface area contributed by atoms with Crippen LogP contribution in [0.4, 0.5) is 0 Å². The van der Waals surface area contributed by atoms with Crippen LogP contribution in [0.25, 0.3) is 0 Å². The van der Waals surface area contributed by atoms with Gasteiger partial charge in [0.2, 0.25) is 0 Å². The molecule has 120 valence electrons. The molecule has 2 atom stereocenters. The molecule has 0 bridgehead atoms. The number of nitrogens with one attached hydrogen (secondary N) is 1. The zero-order valence-electron chi connectivity index (χ0n) is 13.0. The zero-order valence-corrected chi connectivity index (χ0v) is 13.0. The highest BCUT2D eigenvalue weighted by Crippen LogP contribution is 2.32. The first-order valence-corrected chi connectivity index (χ1v) is 8.34. The maximum absolute atomic E-state index is 12.5. The number of fused-ring (bicyclic) bond motifs is 1. The van der Waals surface area contributed by atoms with Crippen molar-refractivity contribution in [2.75, 3.05) is 0 Å². The summed E-state index contributed by atoms with van der Waals surface area (Å²) in [7, 11) is 0. The molecule has 0 spiro atoms. The highest BCUT2D eigenvalue weighted by molar-refractivity contribution is 5.92. The summed E-state index contributed by atoms with van der Waals surface area (Å²) in [5.74, 6) is -0.220. The highest BCUT2D eigenvalue weighted by Gasteiger charge is 2.32. The molecule has 1 aromatic heterocycles. The molecule has 2 aliphatic carbocycles. The minimum atomic E-state index is -0.576. The number of aromatic nitrogens is 2. The lowest BCUT2D eigenvalue weighted by Gasteiger charge is -2.17. The summed E-state index contributed by atoms with van der Waals surface area (Å²) in [5, 5.41) is 17.6. The molecule has 2 unspecified atom stereocenters. The first-order chi connectivity index (χ1) is 11.2. The van der Waals surface area contributed by atoms with Gasteiger partial charge in [-0.1, -0.05) is 37.1 Å². The van der Waals surface area contributed by atoms with E-state index < -0.39 is 6.10 Å². The lowest BCUT2D eigenvalue weighted by Crippen LogP contribution is -2.34. The summed E-state index contributed by atoms with van der Waals surface area (Å²) in [4.78, 5) is 12.5. The molecule has 1 heterocycles. The largest absolute Gasteiger partial charge is 0.390 e. The van der Waals surface area contributed by atoms with Crippen LogP contribution >= 0.6 is 0 Å². The summed E-state index contributed by atoms with van der Waals surface area (Å²) in [6.07, 6.45) is 6.64. The van der Waals surface area contributed by atoms with Gasteiger partial charge in [-0.3, -0.25) is 9.48 Å². The van der Waals surface area contributed by atoms with Gasteiger partial charge in [-0.2, -0.15) is 5.10 Å². The summed E-state index contributed by atoms with van der Waals surface area (Å²) in [5.41, 5.74) is 2.53. The third-order valence-corrected chi connectivity index (χ3v) is 5.03. The van der Waals surface area contributed by atoms with Crippen LogP contribution in [-0.4, -0.2) is 26.9 Å². The number of amides is 1.